The van der Waals surface area contributed by atoms with Crippen molar-refractivity contribution in [2.24, 2.45) is 5.73 Å². The third-order valence-corrected chi connectivity index (χ3v) is 2.52. The first-order chi connectivity index (χ1) is 7.24. The van der Waals surface area contributed by atoms with Crippen molar-refractivity contribution in [2.75, 3.05) is 20.1 Å². The molecule has 0 amide bonds. The van der Waals surface area contributed by atoms with Crippen LogP contribution in [0, 0.1) is 0 Å². The van der Waals surface area contributed by atoms with Gasteiger partial charge in [-0.25, -0.2) is 4.79 Å². The first-order valence-electron chi connectivity index (χ1n) is 4.63. The predicted octanol–water partition coefficient (Wildman–Crippen LogP) is -1.49. The highest BCUT2D eigenvalue weighted by Gasteiger charge is 2.46. The smallest absolute Gasteiger partial charge is 0.335 e. The van der Waals surface area contributed by atoms with Crippen LogP contribution in [0.2, 0.25) is 0 Å². The highest BCUT2D eigenvalue weighted by Crippen LogP contribution is 2.25. The Bertz CT molecular complexity index is 247. The molecule has 0 aliphatic carbocycles. The fourth-order valence-electron chi connectivity index (χ4n) is 1.77. The van der Waals surface area contributed by atoms with E-state index in [-0.39, 0.29) is 26.2 Å². The van der Waals surface area contributed by atoms with E-state index in [2.05, 4.69) is 0 Å². The lowest BCUT2D eigenvalue weighted by Gasteiger charge is -2.42. The van der Waals surface area contributed by atoms with E-state index in [0.29, 0.717) is 0 Å². The largest absolute Gasteiger partial charge is 0.479 e. The molecule has 0 saturated carbocycles. The zero-order chi connectivity index (χ0) is 10.8. The maximum atomic E-state index is 10.9. The second kappa shape index (κ2) is 4.42. The topological polar surface area (TPSA) is 100 Å². The SMILES string of the molecule is NCC1OCOC2C(C(=O)O)OCOC12. The molecule has 2 fully saturated rings. The molecule has 0 radical (unpaired) electrons. The normalized spacial score (nSPS) is 40.9. The second-order valence-corrected chi connectivity index (χ2v) is 3.36. The third-order valence-electron chi connectivity index (χ3n) is 2.52. The molecular formula is C8H13NO6. The molecule has 0 aromatic carbocycles. The van der Waals surface area contributed by atoms with Gasteiger partial charge in [0.2, 0.25) is 0 Å². The zero-order valence-corrected chi connectivity index (χ0v) is 8.00. The van der Waals surface area contributed by atoms with E-state index in [1.165, 1.54) is 0 Å². The maximum Gasteiger partial charge on any atom is 0.335 e. The minimum Gasteiger partial charge on any atom is -0.479 e. The highest BCUT2D eigenvalue weighted by molar-refractivity contribution is 5.73. The number of carboxylic acid groups (broad SMARTS) is 1. The van der Waals surface area contributed by atoms with Crippen molar-refractivity contribution >= 4 is 5.97 Å². The first-order valence-corrected chi connectivity index (χ1v) is 4.63. The molecule has 15 heavy (non-hydrogen) atoms. The van der Waals surface area contributed by atoms with Crippen LogP contribution in [0.25, 0.3) is 0 Å². The van der Waals surface area contributed by atoms with Gasteiger partial charge in [0.25, 0.3) is 0 Å². The lowest BCUT2D eigenvalue weighted by Crippen LogP contribution is -2.60. The summed E-state index contributed by atoms with van der Waals surface area (Å²) in [6.45, 7) is 0.192. The molecule has 86 valence electrons. The lowest BCUT2D eigenvalue weighted by molar-refractivity contribution is -0.317. The van der Waals surface area contributed by atoms with E-state index < -0.39 is 24.3 Å². The summed E-state index contributed by atoms with van der Waals surface area (Å²) < 4.78 is 20.6. The van der Waals surface area contributed by atoms with Crippen LogP contribution in [0.3, 0.4) is 0 Å². The van der Waals surface area contributed by atoms with Gasteiger partial charge in [0.05, 0.1) is 0 Å². The predicted molar refractivity (Wildman–Crippen MR) is 45.9 cm³/mol. The van der Waals surface area contributed by atoms with Crippen LogP contribution in [0.4, 0.5) is 0 Å². The summed E-state index contributed by atoms with van der Waals surface area (Å²) in [6, 6.07) is 0. The number of carbonyl (C=O) groups is 1. The van der Waals surface area contributed by atoms with Crippen molar-refractivity contribution in [3.63, 3.8) is 0 Å². The molecule has 0 bridgehead atoms. The van der Waals surface area contributed by atoms with Crippen LogP contribution in [-0.4, -0.2) is 55.6 Å². The van der Waals surface area contributed by atoms with E-state index in [0.717, 1.165) is 0 Å². The van der Waals surface area contributed by atoms with Crippen molar-refractivity contribution in [3.05, 3.63) is 0 Å². The van der Waals surface area contributed by atoms with E-state index in [1.54, 1.807) is 0 Å². The molecule has 7 heteroatoms. The molecule has 4 unspecified atom stereocenters. The number of rotatable bonds is 2. The molecule has 0 aromatic rings. The fraction of sp³-hybridized carbons (Fsp3) is 0.875. The van der Waals surface area contributed by atoms with Gasteiger partial charge in [-0.2, -0.15) is 0 Å². The molecule has 2 rings (SSSR count). The van der Waals surface area contributed by atoms with Crippen LogP contribution >= 0.6 is 0 Å². The molecule has 0 spiro atoms. The summed E-state index contributed by atoms with van der Waals surface area (Å²) in [4.78, 5) is 10.9. The average molecular weight is 219 g/mol. The Morgan fingerprint density at radius 1 is 1.20 bits per heavy atom. The Hall–Kier alpha value is -0.730. The summed E-state index contributed by atoms with van der Waals surface area (Å²) in [5.41, 5.74) is 5.48. The van der Waals surface area contributed by atoms with Crippen LogP contribution in [0.15, 0.2) is 0 Å². The molecule has 2 saturated heterocycles. The Kier molecular flexibility index (Phi) is 3.17. The number of fused-ring (bicyclic) bond motifs is 1. The average Bonchev–Trinajstić information content (AvgIpc) is 2.27. The summed E-state index contributed by atoms with van der Waals surface area (Å²) in [6.07, 6.45) is -2.48. The van der Waals surface area contributed by atoms with Gasteiger partial charge in [0.15, 0.2) is 6.10 Å². The summed E-state index contributed by atoms with van der Waals surface area (Å²) >= 11 is 0. The van der Waals surface area contributed by atoms with Crippen molar-refractivity contribution in [1.29, 1.82) is 0 Å². The van der Waals surface area contributed by atoms with E-state index >= 15 is 0 Å². The third kappa shape index (κ3) is 1.97. The molecule has 2 aliphatic rings. The molecule has 2 heterocycles. The minimum atomic E-state index is -1.06. The van der Waals surface area contributed by atoms with Gasteiger partial charge < -0.3 is 29.8 Å². The van der Waals surface area contributed by atoms with Gasteiger partial charge in [-0.05, 0) is 0 Å². The Morgan fingerprint density at radius 2 is 1.87 bits per heavy atom. The Labute approximate surface area is 86.0 Å². The van der Waals surface area contributed by atoms with Gasteiger partial charge in [-0.15, -0.1) is 0 Å². The number of hydrogen-bond donors (Lipinski definition) is 2. The summed E-state index contributed by atoms with van der Waals surface area (Å²) in [5, 5.41) is 8.90. The van der Waals surface area contributed by atoms with Crippen LogP contribution in [0.5, 0.6) is 0 Å². The number of carboxylic acids is 1. The zero-order valence-electron chi connectivity index (χ0n) is 8.00. The number of ether oxygens (including phenoxy) is 4. The first kappa shape index (κ1) is 10.8. The monoisotopic (exact) mass is 219 g/mol. The lowest BCUT2D eigenvalue weighted by atomic mass is 10.0. The second-order valence-electron chi connectivity index (χ2n) is 3.36. The Balaban J connectivity index is 2.11. The minimum absolute atomic E-state index is 0.0134. The van der Waals surface area contributed by atoms with E-state index in [1.807, 2.05) is 0 Å². The standard InChI is InChI=1S/C8H13NO6/c9-1-4-5-6(14-2-12-4)7(8(10)11)15-3-13-5/h4-7H,1-3,9H2,(H,10,11). The Morgan fingerprint density at radius 3 is 2.53 bits per heavy atom. The van der Waals surface area contributed by atoms with Crippen LogP contribution in [0.1, 0.15) is 0 Å². The van der Waals surface area contributed by atoms with E-state index in [4.69, 9.17) is 29.8 Å². The molecule has 7 nitrogen and oxygen atoms in total. The van der Waals surface area contributed by atoms with E-state index in [9.17, 15) is 4.79 Å². The van der Waals surface area contributed by atoms with Crippen molar-refractivity contribution in [3.8, 4) is 0 Å². The van der Waals surface area contributed by atoms with Crippen molar-refractivity contribution < 1.29 is 28.8 Å². The molecule has 4 atom stereocenters. The number of nitrogens with two attached hydrogens (primary N) is 1. The van der Waals surface area contributed by atoms with Crippen molar-refractivity contribution in [2.45, 2.75) is 24.4 Å². The van der Waals surface area contributed by atoms with Gasteiger partial charge in [-0.1, -0.05) is 0 Å². The van der Waals surface area contributed by atoms with Gasteiger partial charge in [0.1, 0.15) is 31.9 Å². The number of hydrogen-bond acceptors (Lipinski definition) is 6. The summed E-state index contributed by atoms with van der Waals surface area (Å²) in [5.74, 6) is -1.06. The van der Waals surface area contributed by atoms with Crippen molar-refractivity contribution in [1.82, 2.24) is 0 Å². The quantitative estimate of drug-likeness (QED) is 0.583. The molecular weight excluding hydrogens is 206 g/mol. The molecule has 0 aromatic heterocycles. The van der Waals surface area contributed by atoms with Gasteiger partial charge in [-0.3, -0.25) is 0 Å². The summed E-state index contributed by atoms with van der Waals surface area (Å²) in [7, 11) is 0. The molecule has 3 N–H and O–H groups in total. The fourth-order valence-corrected chi connectivity index (χ4v) is 1.77. The van der Waals surface area contributed by atoms with Gasteiger partial charge in [0, 0.05) is 6.54 Å². The van der Waals surface area contributed by atoms with Crippen LogP contribution < -0.4 is 5.73 Å². The maximum absolute atomic E-state index is 10.9. The van der Waals surface area contributed by atoms with Gasteiger partial charge >= 0.3 is 5.97 Å². The van der Waals surface area contributed by atoms with Crippen LogP contribution in [-0.2, 0) is 23.7 Å². The molecule has 2 aliphatic heterocycles. The number of aliphatic carboxylic acids is 1. The highest BCUT2D eigenvalue weighted by atomic mass is 16.8.